The zero-order chi connectivity index (χ0) is 12.5. The number of imidazole rings is 1. The van der Waals surface area contributed by atoms with E-state index in [9.17, 15) is 0 Å². The van der Waals surface area contributed by atoms with Crippen LogP contribution in [-0.2, 0) is 6.54 Å². The molecule has 6 heteroatoms. The molecule has 3 aromatic heterocycles. The molecule has 0 fully saturated rings. The zero-order valence-corrected chi connectivity index (χ0v) is 10.5. The second kappa shape index (κ2) is 4.30. The van der Waals surface area contributed by atoms with Gasteiger partial charge in [0.15, 0.2) is 10.4 Å². The van der Waals surface area contributed by atoms with Gasteiger partial charge in [0, 0.05) is 6.07 Å². The van der Waals surface area contributed by atoms with Crippen LogP contribution in [-0.4, -0.2) is 21.6 Å². The summed E-state index contributed by atoms with van der Waals surface area (Å²) in [7, 11) is 1.59. The first kappa shape index (κ1) is 11.0. The van der Waals surface area contributed by atoms with Crippen LogP contribution in [0, 0.1) is 4.77 Å². The Labute approximate surface area is 108 Å². The molecule has 0 aliphatic rings. The maximum absolute atomic E-state index is 5.33. The van der Waals surface area contributed by atoms with Gasteiger partial charge in [0.1, 0.15) is 5.76 Å². The van der Waals surface area contributed by atoms with Crippen molar-refractivity contribution in [1.82, 2.24) is 14.5 Å². The Balaban J connectivity index is 2.14. The van der Waals surface area contributed by atoms with Gasteiger partial charge in [-0.05, 0) is 30.4 Å². The van der Waals surface area contributed by atoms with Crippen LogP contribution in [0.3, 0.4) is 0 Å². The highest BCUT2D eigenvalue weighted by atomic mass is 32.1. The molecule has 5 nitrogen and oxygen atoms in total. The molecule has 0 aliphatic carbocycles. The maximum Gasteiger partial charge on any atom is 0.215 e. The molecule has 0 aromatic carbocycles. The first-order valence-corrected chi connectivity index (χ1v) is 5.84. The van der Waals surface area contributed by atoms with Crippen LogP contribution in [0.5, 0.6) is 5.88 Å². The molecule has 0 bridgehead atoms. The molecule has 92 valence electrons. The van der Waals surface area contributed by atoms with Crippen LogP contribution < -0.4 is 4.74 Å². The van der Waals surface area contributed by atoms with Crippen molar-refractivity contribution >= 4 is 23.4 Å². The number of aromatic amines is 1. The molecule has 18 heavy (non-hydrogen) atoms. The minimum Gasteiger partial charge on any atom is -0.481 e. The van der Waals surface area contributed by atoms with Crippen LogP contribution in [0.15, 0.2) is 34.9 Å². The van der Waals surface area contributed by atoms with Crippen LogP contribution in [0.4, 0.5) is 0 Å². The van der Waals surface area contributed by atoms with E-state index in [0.717, 1.165) is 16.9 Å². The Morgan fingerprint density at radius 3 is 3.06 bits per heavy atom. The van der Waals surface area contributed by atoms with E-state index in [1.54, 1.807) is 19.4 Å². The van der Waals surface area contributed by atoms with Crippen molar-refractivity contribution in [3.8, 4) is 5.88 Å². The van der Waals surface area contributed by atoms with Crippen molar-refractivity contribution in [1.29, 1.82) is 0 Å². The van der Waals surface area contributed by atoms with Crippen LogP contribution in [0.1, 0.15) is 5.76 Å². The van der Waals surface area contributed by atoms with Crippen molar-refractivity contribution in [3.05, 3.63) is 41.1 Å². The standard InChI is InChI=1S/C12H11N3O2S/c1-16-10-5-4-9-11(14-10)15(12(18)13-9)7-8-3-2-6-17-8/h2-6H,7H2,1H3,(H,13,18). The second-order valence-corrected chi connectivity index (χ2v) is 4.21. The minimum absolute atomic E-state index is 0.548. The third-order valence-corrected chi connectivity index (χ3v) is 3.02. The van der Waals surface area contributed by atoms with Gasteiger partial charge in [-0.15, -0.1) is 0 Å². The van der Waals surface area contributed by atoms with Crippen molar-refractivity contribution in [3.63, 3.8) is 0 Å². The number of pyridine rings is 1. The number of nitrogens with one attached hydrogen (secondary N) is 1. The molecule has 1 N–H and O–H groups in total. The van der Waals surface area contributed by atoms with Crippen LogP contribution >= 0.6 is 12.2 Å². The second-order valence-electron chi connectivity index (χ2n) is 3.82. The maximum atomic E-state index is 5.33. The van der Waals surface area contributed by atoms with Crippen LogP contribution in [0.25, 0.3) is 11.2 Å². The third-order valence-electron chi connectivity index (χ3n) is 2.70. The van der Waals surface area contributed by atoms with E-state index in [-0.39, 0.29) is 0 Å². The van der Waals surface area contributed by atoms with Crippen molar-refractivity contribution in [2.75, 3.05) is 7.11 Å². The molecule has 0 saturated carbocycles. The van der Waals surface area contributed by atoms with Crippen LogP contribution in [0.2, 0.25) is 0 Å². The number of hydrogen-bond acceptors (Lipinski definition) is 4. The Bertz CT molecular complexity index is 727. The summed E-state index contributed by atoms with van der Waals surface area (Å²) < 4.78 is 12.9. The molecule has 0 amide bonds. The molecule has 0 saturated heterocycles. The molecule has 0 spiro atoms. The zero-order valence-electron chi connectivity index (χ0n) is 9.71. The highest BCUT2D eigenvalue weighted by Gasteiger charge is 2.08. The summed E-state index contributed by atoms with van der Waals surface area (Å²) in [5.74, 6) is 1.39. The summed E-state index contributed by atoms with van der Waals surface area (Å²) in [6.07, 6.45) is 1.64. The lowest BCUT2D eigenvalue weighted by Crippen LogP contribution is -2.00. The Hall–Kier alpha value is -2.08. The predicted octanol–water partition coefficient (Wildman–Crippen LogP) is 2.74. The van der Waals surface area contributed by atoms with Gasteiger partial charge in [-0.25, -0.2) is 0 Å². The van der Waals surface area contributed by atoms with Crippen molar-refractivity contribution < 1.29 is 9.15 Å². The number of hydrogen-bond donors (Lipinski definition) is 1. The number of ether oxygens (including phenoxy) is 1. The molecule has 0 atom stereocenters. The van der Waals surface area contributed by atoms with Gasteiger partial charge in [-0.3, -0.25) is 4.57 Å². The van der Waals surface area contributed by atoms with Gasteiger partial charge < -0.3 is 14.1 Å². The number of H-pyrrole nitrogens is 1. The van der Waals surface area contributed by atoms with E-state index in [1.165, 1.54) is 0 Å². The van der Waals surface area contributed by atoms with E-state index >= 15 is 0 Å². The molecule has 0 aliphatic heterocycles. The quantitative estimate of drug-likeness (QED) is 0.736. The Morgan fingerprint density at radius 2 is 2.33 bits per heavy atom. The summed E-state index contributed by atoms with van der Waals surface area (Å²) in [6.45, 7) is 0.548. The van der Waals surface area contributed by atoms with Gasteiger partial charge in [0.2, 0.25) is 5.88 Å². The van der Waals surface area contributed by atoms with E-state index < -0.39 is 0 Å². The lowest BCUT2D eigenvalue weighted by molar-refractivity contribution is 0.398. The average Bonchev–Trinajstić information content (AvgIpc) is 2.99. The molecule has 3 heterocycles. The van der Waals surface area contributed by atoms with Gasteiger partial charge in [0.05, 0.1) is 25.4 Å². The Kier molecular flexibility index (Phi) is 2.64. The fraction of sp³-hybridized carbons (Fsp3) is 0.167. The number of fused-ring (bicyclic) bond motifs is 1. The molecular weight excluding hydrogens is 250 g/mol. The van der Waals surface area contributed by atoms with Gasteiger partial charge in [-0.1, -0.05) is 0 Å². The van der Waals surface area contributed by atoms with Crippen molar-refractivity contribution in [2.45, 2.75) is 6.54 Å². The summed E-state index contributed by atoms with van der Waals surface area (Å²) in [5, 5.41) is 0. The van der Waals surface area contributed by atoms with E-state index in [0.29, 0.717) is 17.2 Å². The summed E-state index contributed by atoms with van der Waals surface area (Å²) in [5.41, 5.74) is 1.64. The van der Waals surface area contributed by atoms with E-state index in [2.05, 4.69) is 9.97 Å². The highest BCUT2D eigenvalue weighted by Crippen LogP contribution is 2.17. The average molecular weight is 261 g/mol. The molecule has 0 unspecified atom stereocenters. The third kappa shape index (κ3) is 1.80. The lowest BCUT2D eigenvalue weighted by Gasteiger charge is -2.02. The predicted molar refractivity (Wildman–Crippen MR) is 69.3 cm³/mol. The largest absolute Gasteiger partial charge is 0.481 e. The minimum atomic E-state index is 0.548. The summed E-state index contributed by atoms with van der Waals surface area (Å²) in [6, 6.07) is 7.45. The SMILES string of the molecule is COc1ccc2[nH]c(=S)n(Cc3ccco3)c2n1. The monoisotopic (exact) mass is 261 g/mol. The number of furan rings is 1. The van der Waals surface area contributed by atoms with Gasteiger partial charge >= 0.3 is 0 Å². The number of rotatable bonds is 3. The highest BCUT2D eigenvalue weighted by molar-refractivity contribution is 7.71. The summed E-state index contributed by atoms with van der Waals surface area (Å²) in [4.78, 5) is 7.51. The number of methoxy groups -OCH3 is 1. The topological polar surface area (TPSA) is 56.0 Å². The number of nitrogens with zero attached hydrogens (tertiary/aromatic N) is 2. The molecule has 0 radical (unpaired) electrons. The molecular formula is C12H11N3O2S. The van der Waals surface area contributed by atoms with Crippen molar-refractivity contribution in [2.24, 2.45) is 0 Å². The summed E-state index contributed by atoms with van der Waals surface area (Å²) >= 11 is 5.29. The molecule has 3 rings (SSSR count). The van der Waals surface area contributed by atoms with E-state index in [1.807, 2.05) is 22.8 Å². The first-order chi connectivity index (χ1) is 8.78. The first-order valence-electron chi connectivity index (χ1n) is 5.44. The normalized spacial score (nSPS) is 10.9. The van der Waals surface area contributed by atoms with Gasteiger partial charge in [0.25, 0.3) is 0 Å². The Morgan fingerprint density at radius 1 is 1.44 bits per heavy atom. The smallest absolute Gasteiger partial charge is 0.215 e. The van der Waals surface area contributed by atoms with Gasteiger partial charge in [-0.2, -0.15) is 4.98 Å². The lowest BCUT2D eigenvalue weighted by atomic mass is 10.4. The fourth-order valence-corrected chi connectivity index (χ4v) is 2.09. The number of aromatic nitrogens is 3. The van der Waals surface area contributed by atoms with E-state index in [4.69, 9.17) is 21.4 Å². The molecule has 3 aromatic rings. The fourth-order valence-electron chi connectivity index (χ4n) is 1.83.